The van der Waals surface area contributed by atoms with E-state index in [2.05, 4.69) is 10.3 Å². The fourth-order valence-electron chi connectivity index (χ4n) is 2.28. The number of benzene rings is 1. The number of ether oxygens (including phenoxy) is 2. The van der Waals surface area contributed by atoms with Crippen molar-refractivity contribution >= 4 is 16.9 Å². The Kier molecular flexibility index (Phi) is 5.19. The van der Waals surface area contributed by atoms with Crippen LogP contribution < -0.4 is 10.1 Å². The predicted molar refractivity (Wildman–Crippen MR) is 79.7 cm³/mol. The van der Waals surface area contributed by atoms with Gasteiger partial charge in [0.25, 0.3) is 0 Å². The number of hydrogen-bond acceptors (Lipinski definition) is 4. The summed E-state index contributed by atoms with van der Waals surface area (Å²) in [6, 6.07) is 4.79. The van der Waals surface area contributed by atoms with Crippen molar-refractivity contribution in [1.82, 2.24) is 10.3 Å². The molecule has 6 heteroatoms. The quantitative estimate of drug-likeness (QED) is 0.647. The van der Waals surface area contributed by atoms with E-state index in [9.17, 15) is 9.90 Å². The summed E-state index contributed by atoms with van der Waals surface area (Å²) in [6.45, 7) is 1.17. The molecular weight excluding hydrogens is 272 g/mol. The van der Waals surface area contributed by atoms with Gasteiger partial charge in [0.15, 0.2) is 0 Å². The van der Waals surface area contributed by atoms with Crippen LogP contribution in [-0.2, 0) is 9.53 Å². The highest BCUT2D eigenvalue weighted by atomic mass is 16.5. The normalized spacial score (nSPS) is 12.5. The minimum atomic E-state index is -0.906. The first-order chi connectivity index (χ1) is 10.2. The molecule has 2 aromatic rings. The number of nitrogens with one attached hydrogen (secondary N) is 2. The summed E-state index contributed by atoms with van der Waals surface area (Å²) in [6.07, 6.45) is 2.48. The third-order valence-electron chi connectivity index (χ3n) is 3.35. The maximum Gasteiger partial charge on any atom is 0.325 e. The molecule has 0 aliphatic carbocycles. The molecule has 0 spiro atoms. The van der Waals surface area contributed by atoms with Crippen LogP contribution in [0.15, 0.2) is 24.4 Å². The van der Waals surface area contributed by atoms with Crippen LogP contribution in [0, 0.1) is 0 Å². The second-order valence-electron chi connectivity index (χ2n) is 4.73. The molecule has 1 aromatic heterocycles. The Morgan fingerprint density at radius 1 is 1.43 bits per heavy atom. The van der Waals surface area contributed by atoms with E-state index in [4.69, 9.17) is 9.47 Å². The molecule has 0 bridgehead atoms. The minimum Gasteiger partial charge on any atom is -0.497 e. The molecule has 0 fully saturated rings. The van der Waals surface area contributed by atoms with E-state index in [1.165, 1.54) is 0 Å². The van der Waals surface area contributed by atoms with E-state index >= 15 is 0 Å². The van der Waals surface area contributed by atoms with Crippen LogP contribution in [0.4, 0.5) is 0 Å². The van der Waals surface area contributed by atoms with Gasteiger partial charge in [0.05, 0.1) is 7.11 Å². The van der Waals surface area contributed by atoms with Gasteiger partial charge in [-0.15, -0.1) is 0 Å². The van der Waals surface area contributed by atoms with Crippen LogP contribution in [0.5, 0.6) is 5.75 Å². The monoisotopic (exact) mass is 292 g/mol. The van der Waals surface area contributed by atoms with Gasteiger partial charge in [-0.1, -0.05) is 0 Å². The number of hydrogen-bond donors (Lipinski definition) is 3. The summed E-state index contributed by atoms with van der Waals surface area (Å²) in [5.74, 6) is -0.206. The molecule has 21 heavy (non-hydrogen) atoms. The Labute approximate surface area is 123 Å². The summed E-state index contributed by atoms with van der Waals surface area (Å²) in [5, 5.41) is 13.3. The molecule has 0 saturated carbocycles. The van der Waals surface area contributed by atoms with Gasteiger partial charge in [-0.25, -0.2) is 0 Å². The molecule has 2 rings (SSSR count). The van der Waals surface area contributed by atoms with Crippen molar-refractivity contribution in [1.29, 1.82) is 0 Å². The topological polar surface area (TPSA) is 83.6 Å². The number of H-pyrrole nitrogens is 1. The molecule has 1 heterocycles. The van der Waals surface area contributed by atoms with Crippen LogP contribution in [0.3, 0.4) is 0 Å². The predicted octanol–water partition coefficient (Wildman–Crippen LogP) is 1.93. The van der Waals surface area contributed by atoms with Crippen LogP contribution in [0.1, 0.15) is 18.0 Å². The van der Waals surface area contributed by atoms with Gasteiger partial charge in [0, 0.05) is 36.4 Å². The van der Waals surface area contributed by atoms with Crippen LogP contribution >= 0.6 is 0 Å². The van der Waals surface area contributed by atoms with Crippen LogP contribution in [0.25, 0.3) is 10.9 Å². The second-order valence-corrected chi connectivity index (χ2v) is 4.73. The molecule has 1 unspecified atom stereocenters. The van der Waals surface area contributed by atoms with Crippen LogP contribution in [-0.4, -0.2) is 43.4 Å². The lowest BCUT2D eigenvalue weighted by Crippen LogP contribution is -2.29. The van der Waals surface area contributed by atoms with Gasteiger partial charge in [-0.3, -0.25) is 4.79 Å². The number of methoxy groups -OCH3 is 2. The third kappa shape index (κ3) is 3.53. The van der Waals surface area contributed by atoms with E-state index in [0.29, 0.717) is 24.5 Å². The molecule has 0 saturated heterocycles. The lowest BCUT2D eigenvalue weighted by atomic mass is 10.1. The molecule has 1 aromatic carbocycles. The summed E-state index contributed by atoms with van der Waals surface area (Å²) in [5.41, 5.74) is 1.59. The second kappa shape index (κ2) is 7.10. The summed E-state index contributed by atoms with van der Waals surface area (Å²) >= 11 is 0. The maximum atomic E-state index is 11.5. The number of rotatable bonds is 8. The molecule has 0 aliphatic heterocycles. The Balaban J connectivity index is 2.25. The third-order valence-corrected chi connectivity index (χ3v) is 3.35. The average molecular weight is 292 g/mol. The van der Waals surface area contributed by atoms with Crippen molar-refractivity contribution in [3.63, 3.8) is 0 Å². The van der Waals surface area contributed by atoms with Crippen molar-refractivity contribution in [2.45, 2.75) is 12.5 Å². The largest absolute Gasteiger partial charge is 0.497 e. The molecule has 0 radical (unpaired) electrons. The number of fused-ring (bicyclic) bond motifs is 1. The highest BCUT2D eigenvalue weighted by Gasteiger charge is 2.22. The van der Waals surface area contributed by atoms with Crippen molar-refractivity contribution < 1.29 is 19.4 Å². The smallest absolute Gasteiger partial charge is 0.325 e. The van der Waals surface area contributed by atoms with E-state index in [1.807, 2.05) is 18.2 Å². The van der Waals surface area contributed by atoms with E-state index in [0.717, 1.165) is 17.3 Å². The standard InChI is InChI=1S/C15H20N2O4/c1-20-7-3-6-16-14(15(18)19)12-9-17-13-5-4-10(21-2)8-11(12)13/h4-5,8-9,14,16-17H,3,6-7H2,1-2H3,(H,18,19). The van der Waals surface area contributed by atoms with Crippen molar-refractivity contribution in [2.75, 3.05) is 27.4 Å². The zero-order valence-corrected chi connectivity index (χ0v) is 12.2. The average Bonchev–Trinajstić information content (AvgIpc) is 2.89. The highest BCUT2D eigenvalue weighted by molar-refractivity contribution is 5.90. The fourth-order valence-corrected chi connectivity index (χ4v) is 2.28. The Bertz CT molecular complexity index is 609. The SMILES string of the molecule is COCCCNC(C(=O)O)c1c[nH]c2ccc(OC)cc12. The summed E-state index contributed by atoms with van der Waals surface area (Å²) in [7, 11) is 3.21. The van der Waals surface area contributed by atoms with Crippen molar-refractivity contribution in [3.8, 4) is 5.75 Å². The van der Waals surface area contributed by atoms with Crippen molar-refractivity contribution in [3.05, 3.63) is 30.0 Å². The number of carboxylic acids is 1. The van der Waals surface area contributed by atoms with Gasteiger partial charge in [-0.05, 0) is 31.2 Å². The molecule has 1 atom stereocenters. The lowest BCUT2D eigenvalue weighted by molar-refractivity contribution is -0.139. The Morgan fingerprint density at radius 3 is 2.90 bits per heavy atom. The van der Waals surface area contributed by atoms with Gasteiger partial charge in [-0.2, -0.15) is 0 Å². The minimum absolute atomic E-state index is 0.571. The zero-order chi connectivity index (χ0) is 15.2. The number of aromatic amines is 1. The zero-order valence-electron chi connectivity index (χ0n) is 12.2. The highest BCUT2D eigenvalue weighted by Crippen LogP contribution is 2.28. The number of aromatic nitrogens is 1. The molecule has 0 amide bonds. The van der Waals surface area contributed by atoms with E-state index in [-0.39, 0.29) is 0 Å². The fraction of sp³-hybridized carbons (Fsp3) is 0.400. The van der Waals surface area contributed by atoms with Gasteiger partial charge < -0.3 is 24.9 Å². The van der Waals surface area contributed by atoms with Gasteiger partial charge in [0.2, 0.25) is 0 Å². The Hall–Kier alpha value is -2.05. The number of carboxylic acid groups (broad SMARTS) is 1. The Morgan fingerprint density at radius 2 is 2.24 bits per heavy atom. The first-order valence-electron chi connectivity index (χ1n) is 6.77. The molecule has 0 aliphatic rings. The number of aliphatic carboxylic acids is 1. The summed E-state index contributed by atoms with van der Waals surface area (Å²) in [4.78, 5) is 14.6. The van der Waals surface area contributed by atoms with Crippen molar-refractivity contribution in [2.24, 2.45) is 0 Å². The first-order valence-corrected chi connectivity index (χ1v) is 6.77. The molecule has 3 N–H and O–H groups in total. The first kappa shape index (κ1) is 15.3. The maximum absolute atomic E-state index is 11.5. The molecular formula is C15H20N2O4. The van der Waals surface area contributed by atoms with E-state index in [1.54, 1.807) is 20.4 Å². The molecule has 114 valence electrons. The lowest BCUT2D eigenvalue weighted by Gasteiger charge is -2.14. The van der Waals surface area contributed by atoms with Gasteiger partial charge >= 0.3 is 5.97 Å². The number of carbonyl (C=O) groups is 1. The molecule has 6 nitrogen and oxygen atoms in total. The van der Waals surface area contributed by atoms with E-state index < -0.39 is 12.0 Å². The summed E-state index contributed by atoms with van der Waals surface area (Å²) < 4.78 is 10.2. The van der Waals surface area contributed by atoms with Gasteiger partial charge in [0.1, 0.15) is 11.8 Å². The van der Waals surface area contributed by atoms with Crippen LogP contribution in [0.2, 0.25) is 0 Å².